The lowest BCUT2D eigenvalue weighted by Crippen LogP contribution is -2.65. The van der Waals surface area contributed by atoms with E-state index in [4.69, 9.17) is 4.74 Å². The number of carboxylic acids is 1. The first-order valence-corrected chi connectivity index (χ1v) is 6.21. The Morgan fingerprint density at radius 3 is 2.72 bits per heavy atom. The third kappa shape index (κ3) is 1.36. The van der Waals surface area contributed by atoms with Crippen molar-refractivity contribution in [3.05, 3.63) is 11.3 Å². The molecule has 0 aromatic heterocycles. The summed E-state index contributed by atoms with van der Waals surface area (Å²) >= 11 is 0. The highest BCUT2D eigenvalue weighted by molar-refractivity contribution is 5.88. The molecular formula is C12H17NO5. The lowest BCUT2D eigenvalue weighted by atomic mass is 9.77. The molecule has 100 valence electrons. The van der Waals surface area contributed by atoms with Crippen LogP contribution < -0.4 is 0 Å². The average Bonchev–Trinajstić information content (AvgIpc) is 2.60. The number of hydrogen-bond donors (Lipinski definition) is 3. The minimum atomic E-state index is -2.01. The Morgan fingerprint density at radius 2 is 2.17 bits per heavy atom. The van der Waals surface area contributed by atoms with Gasteiger partial charge in [0.1, 0.15) is 5.70 Å². The Kier molecular flexibility index (Phi) is 2.45. The van der Waals surface area contributed by atoms with E-state index in [9.17, 15) is 20.1 Å². The summed E-state index contributed by atoms with van der Waals surface area (Å²) in [6.45, 7) is 0. The molecule has 0 amide bonds. The van der Waals surface area contributed by atoms with Crippen LogP contribution in [0.5, 0.6) is 0 Å². The van der Waals surface area contributed by atoms with Gasteiger partial charge >= 0.3 is 5.97 Å². The van der Waals surface area contributed by atoms with E-state index in [0.717, 1.165) is 24.8 Å². The van der Waals surface area contributed by atoms with Crippen LogP contribution in [-0.2, 0) is 9.53 Å². The van der Waals surface area contributed by atoms with Gasteiger partial charge in [0.2, 0.25) is 5.91 Å². The Hall–Kier alpha value is -1.11. The molecule has 3 atom stereocenters. The molecule has 2 aliphatic heterocycles. The first kappa shape index (κ1) is 12.0. The maximum absolute atomic E-state index is 11.4. The summed E-state index contributed by atoms with van der Waals surface area (Å²) < 4.78 is 5.37. The predicted octanol–water partition coefficient (Wildman–Crippen LogP) is -0.133. The normalized spacial score (nSPS) is 37.1. The number of nitrogens with zero attached hydrogens (tertiary/aromatic N) is 1. The fourth-order valence-electron chi connectivity index (χ4n) is 3.70. The Labute approximate surface area is 104 Å². The zero-order valence-electron chi connectivity index (χ0n) is 10.2. The monoisotopic (exact) mass is 255 g/mol. The molecule has 0 unspecified atom stereocenters. The van der Waals surface area contributed by atoms with Crippen LogP contribution in [0.4, 0.5) is 0 Å². The van der Waals surface area contributed by atoms with E-state index in [0.29, 0.717) is 0 Å². The van der Waals surface area contributed by atoms with Gasteiger partial charge in [0, 0.05) is 25.5 Å². The van der Waals surface area contributed by atoms with Crippen molar-refractivity contribution >= 4 is 5.97 Å². The van der Waals surface area contributed by atoms with Gasteiger partial charge in [-0.3, -0.25) is 0 Å². The topological polar surface area (TPSA) is 90.2 Å². The minimum absolute atomic E-state index is 0.0350. The zero-order chi connectivity index (χ0) is 13.1. The first-order valence-electron chi connectivity index (χ1n) is 6.21. The van der Waals surface area contributed by atoms with Gasteiger partial charge in [0.25, 0.3) is 0 Å². The van der Waals surface area contributed by atoms with Crippen molar-refractivity contribution in [1.29, 1.82) is 0 Å². The van der Waals surface area contributed by atoms with Gasteiger partial charge in [-0.1, -0.05) is 0 Å². The Bertz CT molecular complexity index is 430. The molecular weight excluding hydrogens is 238 g/mol. The Morgan fingerprint density at radius 1 is 1.44 bits per heavy atom. The van der Waals surface area contributed by atoms with Gasteiger partial charge in [-0.25, -0.2) is 4.79 Å². The van der Waals surface area contributed by atoms with Crippen LogP contribution in [0.3, 0.4) is 0 Å². The van der Waals surface area contributed by atoms with Crippen molar-refractivity contribution in [2.24, 2.45) is 5.92 Å². The third-order valence-corrected chi connectivity index (χ3v) is 4.39. The van der Waals surface area contributed by atoms with Crippen molar-refractivity contribution in [2.45, 2.75) is 43.7 Å². The second-order valence-electron chi connectivity index (χ2n) is 5.29. The van der Waals surface area contributed by atoms with E-state index in [1.54, 1.807) is 7.11 Å². The van der Waals surface area contributed by atoms with Crippen LogP contribution in [0, 0.1) is 5.92 Å². The molecule has 0 spiro atoms. The van der Waals surface area contributed by atoms with Gasteiger partial charge in [0.05, 0.1) is 6.10 Å². The number of aliphatic carboxylic acids is 1. The summed E-state index contributed by atoms with van der Waals surface area (Å²) in [5.74, 6) is -3.03. The summed E-state index contributed by atoms with van der Waals surface area (Å²) in [5, 5.41) is 28.8. The molecule has 0 radical (unpaired) electrons. The van der Waals surface area contributed by atoms with Gasteiger partial charge in [-0.05, 0) is 24.8 Å². The highest BCUT2D eigenvalue weighted by atomic mass is 16.5. The molecule has 6 heteroatoms. The number of carboxylic acid groups (broad SMARTS) is 1. The summed E-state index contributed by atoms with van der Waals surface area (Å²) in [5.41, 5.74) is 0.777. The summed E-state index contributed by atoms with van der Waals surface area (Å²) in [6, 6.07) is -0.0981. The van der Waals surface area contributed by atoms with Gasteiger partial charge in [0.15, 0.2) is 0 Å². The molecule has 6 nitrogen and oxygen atoms in total. The molecule has 3 N–H and O–H groups in total. The number of fused-ring (bicyclic) bond motifs is 3. The highest BCUT2D eigenvalue weighted by Gasteiger charge is 2.61. The second-order valence-corrected chi connectivity index (χ2v) is 5.29. The van der Waals surface area contributed by atoms with E-state index in [-0.39, 0.29) is 30.2 Å². The highest BCUT2D eigenvalue weighted by Crippen LogP contribution is 2.53. The smallest absolute Gasteiger partial charge is 0.352 e. The number of rotatable bonds is 2. The largest absolute Gasteiger partial charge is 0.477 e. The van der Waals surface area contributed by atoms with Gasteiger partial charge < -0.3 is 25.0 Å². The number of carbonyl (C=O) groups is 1. The standard InChI is InChI=1S/C12H17NO5/c1-18-8-4-2-3-6-7-5-12(16,17)13(7)10(9(6)8)11(14)15/h6-8,16-17H,2-5H2,1H3,(H,14,15)/t6-,7+,8+/m1/s1. The molecule has 0 aromatic carbocycles. The molecule has 1 saturated carbocycles. The molecule has 2 heterocycles. The Balaban J connectivity index is 2.07. The summed E-state index contributed by atoms with van der Waals surface area (Å²) in [7, 11) is 1.57. The van der Waals surface area contributed by atoms with Crippen molar-refractivity contribution in [2.75, 3.05) is 7.11 Å². The number of hydrogen-bond acceptors (Lipinski definition) is 5. The summed E-state index contributed by atoms with van der Waals surface area (Å²) in [6.07, 6.45) is 2.66. The third-order valence-electron chi connectivity index (χ3n) is 4.39. The molecule has 18 heavy (non-hydrogen) atoms. The van der Waals surface area contributed by atoms with E-state index >= 15 is 0 Å². The van der Waals surface area contributed by atoms with Gasteiger partial charge in [-0.2, -0.15) is 0 Å². The van der Waals surface area contributed by atoms with E-state index in [1.165, 1.54) is 4.90 Å². The fraction of sp³-hybridized carbons (Fsp3) is 0.750. The molecule has 2 fully saturated rings. The minimum Gasteiger partial charge on any atom is -0.477 e. The van der Waals surface area contributed by atoms with Crippen molar-refractivity contribution < 1.29 is 24.9 Å². The van der Waals surface area contributed by atoms with Crippen LogP contribution in [0.1, 0.15) is 25.7 Å². The molecule has 3 aliphatic rings. The summed E-state index contributed by atoms with van der Waals surface area (Å²) in [4.78, 5) is 12.7. The van der Waals surface area contributed by atoms with Gasteiger partial charge in [-0.15, -0.1) is 0 Å². The molecule has 0 aromatic rings. The van der Waals surface area contributed by atoms with E-state index in [2.05, 4.69) is 0 Å². The van der Waals surface area contributed by atoms with Crippen LogP contribution in [0.25, 0.3) is 0 Å². The van der Waals surface area contributed by atoms with E-state index < -0.39 is 11.9 Å². The van der Waals surface area contributed by atoms with Crippen molar-refractivity contribution in [3.63, 3.8) is 0 Å². The predicted molar refractivity (Wildman–Crippen MR) is 60.2 cm³/mol. The number of aliphatic hydroxyl groups is 2. The molecule has 1 saturated heterocycles. The van der Waals surface area contributed by atoms with Crippen molar-refractivity contribution in [3.8, 4) is 0 Å². The molecule has 3 rings (SSSR count). The van der Waals surface area contributed by atoms with E-state index in [1.807, 2.05) is 0 Å². The van der Waals surface area contributed by atoms with Crippen LogP contribution >= 0.6 is 0 Å². The quantitative estimate of drug-likeness (QED) is 0.595. The lowest BCUT2D eigenvalue weighted by molar-refractivity contribution is -0.329. The average molecular weight is 255 g/mol. The van der Waals surface area contributed by atoms with Crippen LogP contribution in [-0.4, -0.2) is 51.4 Å². The fourth-order valence-corrected chi connectivity index (χ4v) is 3.70. The zero-order valence-corrected chi connectivity index (χ0v) is 10.2. The lowest BCUT2D eigenvalue weighted by Gasteiger charge is -2.51. The first-order chi connectivity index (χ1) is 8.47. The second kappa shape index (κ2) is 3.69. The SMILES string of the molecule is CO[C@H]1CCC[C@H]2C1=C(C(=O)O)N1[C@H]2CC1(O)O. The molecule has 1 aliphatic carbocycles. The molecule has 0 bridgehead atoms. The van der Waals surface area contributed by atoms with Crippen LogP contribution in [0.15, 0.2) is 11.3 Å². The van der Waals surface area contributed by atoms with Crippen LogP contribution in [0.2, 0.25) is 0 Å². The number of ether oxygens (including phenoxy) is 1. The maximum atomic E-state index is 11.4. The maximum Gasteiger partial charge on any atom is 0.352 e. The van der Waals surface area contributed by atoms with Crippen molar-refractivity contribution in [1.82, 2.24) is 4.90 Å². The number of methoxy groups -OCH3 is 1.